The molecule has 0 saturated heterocycles. The Balaban J connectivity index is 1.99. The number of nitrogens with zero attached hydrogens (tertiary/aromatic N) is 3. The minimum absolute atomic E-state index is 0.0177. The summed E-state index contributed by atoms with van der Waals surface area (Å²) in [4.78, 5) is 32.1. The molecule has 1 aliphatic rings. The van der Waals surface area contributed by atoms with Crippen molar-refractivity contribution in [2.45, 2.75) is 45.4 Å². The molecule has 0 aliphatic carbocycles. The van der Waals surface area contributed by atoms with Gasteiger partial charge in [-0.15, -0.1) is 0 Å². The maximum atomic E-state index is 14.8. The Morgan fingerprint density at radius 1 is 1.33 bits per heavy atom. The first-order chi connectivity index (χ1) is 13.9. The van der Waals surface area contributed by atoms with Crippen molar-refractivity contribution >= 4 is 46.3 Å². The van der Waals surface area contributed by atoms with E-state index in [-0.39, 0.29) is 17.9 Å². The van der Waals surface area contributed by atoms with Crippen molar-refractivity contribution in [3.63, 3.8) is 0 Å². The van der Waals surface area contributed by atoms with E-state index in [4.69, 9.17) is 9.84 Å². The van der Waals surface area contributed by atoms with Gasteiger partial charge in [-0.25, -0.2) is 19.0 Å². The Morgan fingerprint density at radius 3 is 2.67 bits per heavy atom. The van der Waals surface area contributed by atoms with Crippen molar-refractivity contribution in [3.8, 4) is 0 Å². The van der Waals surface area contributed by atoms with Crippen molar-refractivity contribution < 1.29 is 23.8 Å². The van der Waals surface area contributed by atoms with E-state index in [2.05, 4.69) is 20.6 Å². The third kappa shape index (κ3) is 4.89. The average Bonchev–Trinajstić information content (AvgIpc) is 2.94. The molecular formula is C19H21FIN5O4. The van der Waals surface area contributed by atoms with Crippen molar-refractivity contribution in [1.82, 2.24) is 14.9 Å². The molecule has 30 heavy (non-hydrogen) atoms. The van der Waals surface area contributed by atoms with Crippen molar-refractivity contribution in [2.75, 3.05) is 5.32 Å². The zero-order chi connectivity index (χ0) is 22.3. The molecule has 3 rings (SSSR count). The number of aliphatic imine (C=N–C) groups is 1. The molecule has 2 heterocycles. The Hall–Kier alpha value is -2.70. The SMILES string of the molecule is CC(C)(C)OC(=O)Nc1ccc(F)c(C2(C)Cn3cc(I)nc3C(NC(=O)O)=N2)c1. The second-order valence-corrected chi connectivity index (χ2v) is 9.11. The van der Waals surface area contributed by atoms with E-state index >= 15 is 0 Å². The first kappa shape index (κ1) is 22.0. The number of benzene rings is 1. The lowest BCUT2D eigenvalue weighted by atomic mass is 9.90. The van der Waals surface area contributed by atoms with Crippen molar-refractivity contribution in [3.05, 3.63) is 45.3 Å². The minimum Gasteiger partial charge on any atom is -0.465 e. The molecule has 1 atom stereocenters. The van der Waals surface area contributed by atoms with Gasteiger partial charge in [-0.1, -0.05) is 0 Å². The molecule has 2 amide bonds. The molecular weight excluding hydrogens is 508 g/mol. The van der Waals surface area contributed by atoms with Crippen LogP contribution in [0.15, 0.2) is 29.4 Å². The van der Waals surface area contributed by atoms with Crippen LogP contribution >= 0.6 is 22.6 Å². The molecule has 0 fully saturated rings. The summed E-state index contributed by atoms with van der Waals surface area (Å²) in [6, 6.07) is 4.11. The Bertz CT molecular complexity index is 1050. The normalized spacial score (nSPS) is 18.3. The summed E-state index contributed by atoms with van der Waals surface area (Å²) in [6.07, 6.45) is -0.243. The lowest BCUT2D eigenvalue weighted by molar-refractivity contribution is 0.0635. The fourth-order valence-corrected chi connectivity index (χ4v) is 3.69. The molecule has 0 saturated carbocycles. The maximum absolute atomic E-state index is 14.8. The number of carbonyl (C=O) groups is 2. The van der Waals surface area contributed by atoms with E-state index < -0.39 is 29.1 Å². The third-order valence-electron chi connectivity index (χ3n) is 4.21. The van der Waals surface area contributed by atoms with Crippen LogP contribution < -0.4 is 10.6 Å². The second kappa shape index (κ2) is 7.85. The van der Waals surface area contributed by atoms with E-state index in [1.54, 1.807) is 38.5 Å². The highest BCUT2D eigenvalue weighted by Gasteiger charge is 2.37. The summed E-state index contributed by atoms with van der Waals surface area (Å²) in [6.45, 7) is 7.13. The average molecular weight is 529 g/mol. The number of amidine groups is 1. The monoisotopic (exact) mass is 529 g/mol. The van der Waals surface area contributed by atoms with Gasteiger partial charge in [0.1, 0.15) is 20.7 Å². The van der Waals surface area contributed by atoms with Crippen LogP contribution in [0.25, 0.3) is 0 Å². The Labute approximate surface area is 185 Å². The number of hydrogen-bond acceptors (Lipinski definition) is 5. The zero-order valence-electron chi connectivity index (χ0n) is 16.8. The first-order valence-corrected chi connectivity index (χ1v) is 10.1. The van der Waals surface area contributed by atoms with Crippen LogP contribution in [0.5, 0.6) is 0 Å². The molecule has 9 nitrogen and oxygen atoms in total. The smallest absolute Gasteiger partial charge is 0.412 e. The number of anilines is 1. The highest BCUT2D eigenvalue weighted by Crippen LogP contribution is 2.35. The highest BCUT2D eigenvalue weighted by atomic mass is 127. The summed E-state index contributed by atoms with van der Waals surface area (Å²) < 4.78 is 22.4. The van der Waals surface area contributed by atoms with E-state index in [9.17, 15) is 14.0 Å². The topological polar surface area (TPSA) is 118 Å². The molecule has 0 radical (unpaired) electrons. The number of carboxylic acid groups (broad SMARTS) is 1. The van der Waals surface area contributed by atoms with Gasteiger partial charge in [-0.05, 0) is 68.5 Å². The van der Waals surface area contributed by atoms with Gasteiger partial charge in [0.2, 0.25) is 0 Å². The number of hydrogen-bond donors (Lipinski definition) is 3. The second-order valence-electron chi connectivity index (χ2n) is 8.00. The van der Waals surface area contributed by atoms with Crippen molar-refractivity contribution in [1.29, 1.82) is 0 Å². The van der Waals surface area contributed by atoms with Gasteiger partial charge in [-0.3, -0.25) is 15.6 Å². The van der Waals surface area contributed by atoms with Gasteiger partial charge in [0, 0.05) is 17.4 Å². The third-order valence-corrected chi connectivity index (χ3v) is 4.73. The molecule has 1 aromatic carbocycles. The van der Waals surface area contributed by atoms with Crippen LogP contribution in [0, 0.1) is 9.52 Å². The lowest BCUT2D eigenvalue weighted by Crippen LogP contribution is -2.41. The first-order valence-electron chi connectivity index (χ1n) is 8.99. The fraction of sp³-hybridized carbons (Fsp3) is 0.368. The van der Waals surface area contributed by atoms with Crippen LogP contribution in [0.4, 0.5) is 19.7 Å². The lowest BCUT2D eigenvalue weighted by Gasteiger charge is -2.32. The minimum atomic E-state index is -1.30. The van der Waals surface area contributed by atoms with Crippen LogP contribution in [0.3, 0.4) is 0 Å². The summed E-state index contributed by atoms with van der Waals surface area (Å²) in [5, 5.41) is 14.0. The molecule has 1 aliphatic heterocycles. The Morgan fingerprint density at radius 2 is 2.03 bits per heavy atom. The molecule has 1 unspecified atom stereocenters. The van der Waals surface area contributed by atoms with E-state index in [0.29, 0.717) is 15.2 Å². The van der Waals surface area contributed by atoms with Gasteiger partial charge < -0.3 is 14.4 Å². The maximum Gasteiger partial charge on any atom is 0.412 e. The molecule has 0 bridgehead atoms. The number of nitrogens with one attached hydrogen (secondary N) is 2. The quantitative estimate of drug-likeness (QED) is 0.510. The number of fused-ring (bicyclic) bond motifs is 1. The van der Waals surface area contributed by atoms with Gasteiger partial charge >= 0.3 is 12.2 Å². The largest absolute Gasteiger partial charge is 0.465 e. The standard InChI is InChI=1S/C19H21FIN5O4/c1-18(2,3)30-17(29)22-10-5-6-12(20)11(7-10)19(4)9-26-8-13(21)23-15(26)14(25-19)24-16(27)28/h5-8H,9H2,1-4H3,(H,22,29)(H,24,25)(H,27,28). The molecule has 160 valence electrons. The molecule has 0 spiro atoms. The van der Waals surface area contributed by atoms with Crippen LogP contribution in [-0.4, -0.2) is 38.3 Å². The van der Waals surface area contributed by atoms with Gasteiger partial charge in [0.15, 0.2) is 11.7 Å². The summed E-state index contributed by atoms with van der Waals surface area (Å²) in [5.74, 6) is -0.171. The number of imidazole rings is 1. The van der Waals surface area contributed by atoms with E-state index in [1.165, 1.54) is 18.2 Å². The molecule has 1 aromatic heterocycles. The number of rotatable bonds is 2. The van der Waals surface area contributed by atoms with Gasteiger partial charge in [0.25, 0.3) is 0 Å². The van der Waals surface area contributed by atoms with Crippen LogP contribution in [0.2, 0.25) is 0 Å². The summed E-state index contributed by atoms with van der Waals surface area (Å²) in [7, 11) is 0. The fourth-order valence-electron chi connectivity index (χ4n) is 3.13. The van der Waals surface area contributed by atoms with E-state index in [1.807, 2.05) is 22.6 Å². The summed E-state index contributed by atoms with van der Waals surface area (Å²) in [5.41, 5.74) is -1.31. The predicted octanol–water partition coefficient (Wildman–Crippen LogP) is 3.92. The van der Waals surface area contributed by atoms with Crippen LogP contribution in [0.1, 0.15) is 39.1 Å². The zero-order valence-corrected chi connectivity index (χ0v) is 18.9. The van der Waals surface area contributed by atoms with Crippen molar-refractivity contribution in [2.24, 2.45) is 4.99 Å². The van der Waals surface area contributed by atoms with Crippen LogP contribution in [-0.2, 0) is 16.8 Å². The molecule has 2 aromatic rings. The number of ether oxygens (including phenoxy) is 1. The number of carbonyl (C=O) groups excluding carboxylic acids is 1. The molecule has 11 heteroatoms. The number of halogens is 2. The number of aromatic nitrogens is 2. The van der Waals surface area contributed by atoms with E-state index in [0.717, 1.165) is 0 Å². The number of amides is 2. The van der Waals surface area contributed by atoms with Gasteiger partial charge in [0.05, 0.1) is 6.54 Å². The summed E-state index contributed by atoms with van der Waals surface area (Å²) >= 11 is 2.01. The molecule has 3 N–H and O–H groups in total. The predicted molar refractivity (Wildman–Crippen MR) is 116 cm³/mol. The Kier molecular flexibility index (Phi) is 5.76. The highest BCUT2D eigenvalue weighted by molar-refractivity contribution is 14.1. The van der Waals surface area contributed by atoms with Gasteiger partial charge in [-0.2, -0.15) is 0 Å².